The Morgan fingerprint density at radius 2 is 1.93 bits per heavy atom. The Morgan fingerprint density at radius 1 is 1.21 bits per heavy atom. The fourth-order valence-electron chi connectivity index (χ4n) is 3.33. The van der Waals surface area contributed by atoms with E-state index in [-0.39, 0.29) is 5.65 Å². The van der Waals surface area contributed by atoms with Gasteiger partial charge in [0.25, 0.3) is 11.6 Å². The highest BCUT2D eigenvalue weighted by molar-refractivity contribution is 6.30. The smallest absolute Gasteiger partial charge is 0.329 e. The molecule has 1 saturated heterocycles. The third-order valence-corrected chi connectivity index (χ3v) is 5.22. The normalized spacial score (nSPS) is 15.1. The Balaban J connectivity index is 1.66. The van der Waals surface area contributed by atoms with Gasteiger partial charge in [0.2, 0.25) is 0 Å². The molecule has 1 N–H and O–H groups in total. The Bertz CT molecular complexity index is 1110. The summed E-state index contributed by atoms with van der Waals surface area (Å²) in [4.78, 5) is 33.5. The predicted molar refractivity (Wildman–Crippen MR) is 109 cm³/mol. The van der Waals surface area contributed by atoms with Crippen molar-refractivity contribution in [2.45, 2.75) is 6.54 Å². The summed E-state index contributed by atoms with van der Waals surface area (Å²) in [6, 6.07) is 7.63. The number of ether oxygens (including phenoxy) is 2. The topological polar surface area (TPSA) is 94.4 Å². The number of imidazole rings is 1. The van der Waals surface area contributed by atoms with Crippen LogP contribution >= 0.6 is 11.6 Å². The van der Waals surface area contributed by atoms with Crippen molar-refractivity contribution in [3.8, 4) is 6.01 Å². The molecule has 10 heteroatoms. The second kappa shape index (κ2) is 8.40. The summed E-state index contributed by atoms with van der Waals surface area (Å²) in [5.41, 5.74) is 0.503. The van der Waals surface area contributed by atoms with Gasteiger partial charge in [0.05, 0.1) is 19.8 Å². The molecule has 0 bridgehead atoms. The molecule has 154 valence electrons. The Morgan fingerprint density at radius 3 is 2.66 bits per heavy atom. The van der Waals surface area contributed by atoms with Crippen molar-refractivity contribution in [2.75, 3.05) is 39.5 Å². The third kappa shape index (κ3) is 4.21. The van der Waals surface area contributed by atoms with Crippen LogP contribution in [0.5, 0.6) is 6.01 Å². The summed E-state index contributed by atoms with van der Waals surface area (Å²) in [7, 11) is 1.57. The molecule has 3 aromatic rings. The van der Waals surface area contributed by atoms with Gasteiger partial charge in [-0.25, -0.2) is 4.79 Å². The molecule has 1 fully saturated rings. The largest absolute Gasteiger partial charge is 0.463 e. The van der Waals surface area contributed by atoms with Gasteiger partial charge >= 0.3 is 5.69 Å². The molecule has 4 rings (SSSR count). The van der Waals surface area contributed by atoms with Crippen LogP contribution in [0.3, 0.4) is 0 Å². The number of aromatic amines is 1. The number of fused-ring (bicyclic) bond motifs is 1. The molecule has 1 aliphatic rings. The van der Waals surface area contributed by atoms with Gasteiger partial charge in [-0.05, 0) is 17.7 Å². The molecule has 0 unspecified atom stereocenters. The number of hydrogen-bond donors (Lipinski definition) is 1. The lowest BCUT2D eigenvalue weighted by atomic mass is 10.2. The lowest BCUT2D eigenvalue weighted by molar-refractivity contribution is 0.0315. The zero-order valence-electron chi connectivity index (χ0n) is 16.1. The van der Waals surface area contributed by atoms with E-state index < -0.39 is 11.2 Å². The second-order valence-electron chi connectivity index (χ2n) is 6.90. The van der Waals surface area contributed by atoms with Gasteiger partial charge in [-0.1, -0.05) is 23.7 Å². The monoisotopic (exact) mass is 419 g/mol. The van der Waals surface area contributed by atoms with Crippen molar-refractivity contribution in [1.29, 1.82) is 0 Å². The first kappa shape index (κ1) is 19.7. The number of benzene rings is 1. The van der Waals surface area contributed by atoms with Crippen molar-refractivity contribution in [2.24, 2.45) is 7.05 Å². The van der Waals surface area contributed by atoms with Crippen molar-refractivity contribution in [3.63, 3.8) is 0 Å². The van der Waals surface area contributed by atoms with E-state index in [1.807, 2.05) is 12.1 Å². The van der Waals surface area contributed by atoms with Crippen LogP contribution in [-0.2, 0) is 18.3 Å². The molecular weight excluding hydrogens is 398 g/mol. The molecule has 1 aliphatic heterocycles. The van der Waals surface area contributed by atoms with Crippen LogP contribution in [0.1, 0.15) is 5.56 Å². The molecule has 0 aliphatic carbocycles. The molecule has 29 heavy (non-hydrogen) atoms. The Labute approximate surface area is 171 Å². The zero-order valence-corrected chi connectivity index (χ0v) is 16.8. The van der Waals surface area contributed by atoms with Crippen LogP contribution < -0.4 is 16.0 Å². The van der Waals surface area contributed by atoms with Gasteiger partial charge in [-0.15, -0.1) is 0 Å². The number of nitrogens with zero attached hydrogens (tertiary/aromatic N) is 4. The predicted octanol–water partition coefficient (Wildman–Crippen LogP) is 0.836. The summed E-state index contributed by atoms with van der Waals surface area (Å²) in [5.74, 6) is 0. The van der Waals surface area contributed by atoms with E-state index in [2.05, 4.69) is 14.9 Å². The standard InChI is InChI=1S/C19H22ClN5O4/c1-23-16-15(17(26)22-18(23)27)25(12-13-2-4-14(20)5-3-13)19(21-16)29-11-8-24-6-9-28-10-7-24/h2-5H,6-12H2,1H3,(H,22,26,27). The zero-order chi connectivity index (χ0) is 20.4. The molecule has 1 aromatic carbocycles. The first-order valence-electron chi connectivity index (χ1n) is 9.40. The highest BCUT2D eigenvalue weighted by atomic mass is 35.5. The van der Waals surface area contributed by atoms with Gasteiger partial charge in [0.1, 0.15) is 6.61 Å². The number of halogens is 1. The SMILES string of the molecule is Cn1c(=O)[nH]c(=O)c2c1nc(OCCN1CCOCC1)n2Cc1ccc(Cl)cc1. The number of hydrogen-bond acceptors (Lipinski definition) is 6. The maximum atomic E-state index is 12.5. The van der Waals surface area contributed by atoms with Crippen molar-refractivity contribution < 1.29 is 9.47 Å². The van der Waals surface area contributed by atoms with Crippen LogP contribution in [0.4, 0.5) is 0 Å². The molecule has 0 radical (unpaired) electrons. The minimum Gasteiger partial charge on any atom is -0.463 e. The molecule has 0 amide bonds. The second-order valence-corrected chi connectivity index (χ2v) is 7.34. The maximum Gasteiger partial charge on any atom is 0.329 e. The molecule has 2 aromatic heterocycles. The highest BCUT2D eigenvalue weighted by Gasteiger charge is 2.19. The van der Waals surface area contributed by atoms with Gasteiger partial charge in [0.15, 0.2) is 11.2 Å². The Kier molecular flexibility index (Phi) is 5.70. The number of morpholine rings is 1. The van der Waals surface area contributed by atoms with Crippen LogP contribution in [0.15, 0.2) is 33.9 Å². The fraction of sp³-hybridized carbons (Fsp3) is 0.421. The third-order valence-electron chi connectivity index (χ3n) is 4.97. The lowest BCUT2D eigenvalue weighted by Crippen LogP contribution is -2.38. The highest BCUT2D eigenvalue weighted by Crippen LogP contribution is 2.20. The number of aryl methyl sites for hydroxylation is 1. The van der Waals surface area contributed by atoms with E-state index in [0.29, 0.717) is 42.9 Å². The first-order valence-corrected chi connectivity index (χ1v) is 9.77. The van der Waals surface area contributed by atoms with Crippen LogP contribution in [0.2, 0.25) is 5.02 Å². The average molecular weight is 420 g/mol. The number of nitrogens with one attached hydrogen (secondary N) is 1. The molecule has 0 saturated carbocycles. The van der Waals surface area contributed by atoms with Gasteiger partial charge < -0.3 is 9.47 Å². The lowest BCUT2D eigenvalue weighted by Gasteiger charge is -2.26. The molecule has 0 spiro atoms. The minimum absolute atomic E-state index is 0.286. The summed E-state index contributed by atoms with van der Waals surface area (Å²) >= 11 is 5.98. The van der Waals surface area contributed by atoms with Gasteiger partial charge in [-0.3, -0.25) is 23.8 Å². The van der Waals surface area contributed by atoms with Crippen LogP contribution in [-0.4, -0.2) is 63.5 Å². The molecule has 9 nitrogen and oxygen atoms in total. The van der Waals surface area contributed by atoms with Gasteiger partial charge in [0, 0.05) is 31.7 Å². The maximum absolute atomic E-state index is 12.5. The number of aromatic nitrogens is 4. The van der Waals surface area contributed by atoms with E-state index in [9.17, 15) is 9.59 Å². The minimum atomic E-state index is -0.515. The van der Waals surface area contributed by atoms with E-state index in [0.717, 1.165) is 25.2 Å². The summed E-state index contributed by atoms with van der Waals surface area (Å²) in [6.45, 7) is 4.65. The number of H-pyrrole nitrogens is 1. The van der Waals surface area contributed by atoms with Crippen molar-refractivity contribution in [1.82, 2.24) is 24.0 Å². The van der Waals surface area contributed by atoms with Crippen LogP contribution in [0.25, 0.3) is 11.2 Å². The fourth-order valence-corrected chi connectivity index (χ4v) is 3.46. The van der Waals surface area contributed by atoms with Crippen molar-refractivity contribution in [3.05, 3.63) is 55.7 Å². The quantitative estimate of drug-likeness (QED) is 0.636. The van der Waals surface area contributed by atoms with E-state index in [4.69, 9.17) is 21.1 Å². The summed E-state index contributed by atoms with van der Waals surface area (Å²) in [5, 5.41) is 0.631. The Hall–Kier alpha value is -2.62. The average Bonchev–Trinajstić information content (AvgIpc) is 3.08. The van der Waals surface area contributed by atoms with Crippen molar-refractivity contribution >= 4 is 22.8 Å². The van der Waals surface area contributed by atoms with Gasteiger partial charge in [-0.2, -0.15) is 4.98 Å². The molecular formula is C19H22ClN5O4. The summed E-state index contributed by atoms with van der Waals surface area (Å²) in [6.07, 6.45) is 0. The van der Waals surface area contributed by atoms with E-state index in [1.165, 1.54) is 4.57 Å². The number of rotatable bonds is 6. The molecule has 3 heterocycles. The summed E-state index contributed by atoms with van der Waals surface area (Å²) < 4.78 is 14.3. The van der Waals surface area contributed by atoms with E-state index >= 15 is 0 Å². The van der Waals surface area contributed by atoms with E-state index in [1.54, 1.807) is 23.7 Å². The van der Waals surface area contributed by atoms with Crippen LogP contribution in [0, 0.1) is 0 Å². The first-order chi connectivity index (χ1) is 14.0. The molecule has 0 atom stereocenters.